The molecular weight excluding hydrogens is 356 g/mol. The van der Waals surface area contributed by atoms with E-state index >= 15 is 0 Å². The van der Waals surface area contributed by atoms with E-state index in [1.165, 1.54) is 13.1 Å². The molecule has 0 aliphatic carbocycles. The Kier molecular flexibility index (Phi) is 5.73. The third kappa shape index (κ3) is 4.06. The third-order valence-electron chi connectivity index (χ3n) is 3.93. The molecule has 136 valence electrons. The van der Waals surface area contributed by atoms with E-state index in [0.717, 1.165) is 5.57 Å². The summed E-state index contributed by atoms with van der Waals surface area (Å²) in [4.78, 5) is 25.3. The zero-order valence-corrected chi connectivity index (χ0v) is 15.6. The normalized spacial score (nSPS) is 19.4. The Morgan fingerprint density at radius 1 is 1.58 bits per heavy atom. The average molecular weight is 375 g/mol. The molecule has 1 aliphatic rings. The van der Waals surface area contributed by atoms with Crippen molar-refractivity contribution < 1.29 is 19.1 Å². The van der Waals surface area contributed by atoms with Gasteiger partial charge in [-0.3, -0.25) is 4.79 Å². The van der Waals surface area contributed by atoms with Gasteiger partial charge in [0.1, 0.15) is 24.0 Å². The fraction of sp³-hybridized carbons (Fsp3) is 0.316. The predicted octanol–water partition coefficient (Wildman–Crippen LogP) is 3.70. The number of rotatable bonds is 5. The molecule has 0 N–H and O–H groups in total. The van der Waals surface area contributed by atoms with Crippen LogP contribution in [0.1, 0.15) is 32.8 Å². The van der Waals surface area contributed by atoms with Crippen molar-refractivity contribution in [2.45, 2.75) is 32.8 Å². The number of carbonyl (C=O) groups is 2. The van der Waals surface area contributed by atoms with Crippen molar-refractivity contribution in [2.24, 2.45) is 0 Å². The van der Waals surface area contributed by atoms with Gasteiger partial charge in [-0.2, -0.15) is 5.26 Å². The van der Waals surface area contributed by atoms with Gasteiger partial charge in [-0.25, -0.2) is 4.79 Å². The summed E-state index contributed by atoms with van der Waals surface area (Å²) in [6.45, 7) is 8.56. The van der Waals surface area contributed by atoms with Crippen LogP contribution in [0.15, 0.2) is 42.2 Å². The first-order valence-corrected chi connectivity index (χ1v) is 8.26. The molecule has 1 aromatic rings. The fourth-order valence-electron chi connectivity index (χ4n) is 2.84. The van der Waals surface area contributed by atoms with Gasteiger partial charge in [-0.05, 0) is 37.6 Å². The van der Waals surface area contributed by atoms with Crippen LogP contribution in [-0.4, -0.2) is 24.1 Å². The molecule has 0 saturated carbocycles. The Balaban J connectivity index is 2.37. The summed E-state index contributed by atoms with van der Waals surface area (Å²) in [5.74, 6) is -0.988. The van der Waals surface area contributed by atoms with Crippen LogP contribution in [0.25, 0.3) is 0 Å². The summed E-state index contributed by atoms with van der Waals surface area (Å²) in [6.07, 6.45) is 1.88. The number of hydrogen-bond donors (Lipinski definition) is 0. The molecule has 26 heavy (non-hydrogen) atoms. The Hall–Kier alpha value is -2.78. The molecule has 1 aromatic carbocycles. The molecule has 0 aromatic heterocycles. The number of benzene rings is 1. The minimum atomic E-state index is -0.925. The number of halogens is 1. The first kappa shape index (κ1) is 19.5. The lowest BCUT2D eigenvalue weighted by molar-refractivity contribution is -0.168. The summed E-state index contributed by atoms with van der Waals surface area (Å²) in [5.41, 5.74) is 1.08. The van der Waals surface area contributed by atoms with Gasteiger partial charge in [0, 0.05) is 25.2 Å². The summed E-state index contributed by atoms with van der Waals surface area (Å²) in [6, 6.07) is 6.82. The van der Waals surface area contributed by atoms with E-state index in [1.54, 1.807) is 30.0 Å². The average Bonchev–Trinajstić information content (AvgIpc) is 2.56. The molecule has 6 nitrogen and oxygen atoms in total. The quantitative estimate of drug-likeness (QED) is 0.731. The maximum absolute atomic E-state index is 12.7. The van der Waals surface area contributed by atoms with Crippen molar-refractivity contribution >= 4 is 29.2 Å². The molecule has 2 rings (SSSR count). The highest BCUT2D eigenvalue weighted by atomic mass is 35.5. The predicted molar refractivity (Wildman–Crippen MR) is 97.3 cm³/mol. The highest BCUT2D eigenvalue weighted by Gasteiger charge is 2.39. The summed E-state index contributed by atoms with van der Waals surface area (Å²) in [7, 11) is 0. The van der Waals surface area contributed by atoms with Crippen LogP contribution in [0.4, 0.5) is 5.69 Å². The molecule has 1 heterocycles. The van der Waals surface area contributed by atoms with Crippen molar-refractivity contribution in [3.05, 3.63) is 52.8 Å². The molecule has 1 atom stereocenters. The topological polar surface area (TPSA) is 79.6 Å². The Labute approximate surface area is 157 Å². The second kappa shape index (κ2) is 7.63. The van der Waals surface area contributed by atoms with E-state index in [2.05, 4.69) is 6.58 Å². The highest BCUT2D eigenvalue weighted by molar-refractivity contribution is 6.32. The second-order valence-electron chi connectivity index (χ2n) is 6.25. The molecule has 1 aliphatic heterocycles. The number of nitriles is 1. The number of hydrogen-bond acceptors (Lipinski definition) is 6. The summed E-state index contributed by atoms with van der Waals surface area (Å²) >= 11 is 6.09. The number of anilines is 1. The molecule has 0 fully saturated rings. The van der Waals surface area contributed by atoms with E-state index in [4.69, 9.17) is 26.3 Å². The van der Waals surface area contributed by atoms with Crippen molar-refractivity contribution in [3.63, 3.8) is 0 Å². The van der Waals surface area contributed by atoms with Crippen molar-refractivity contribution in [1.29, 1.82) is 5.26 Å². The largest absolute Gasteiger partial charge is 0.462 e. The van der Waals surface area contributed by atoms with Crippen LogP contribution >= 0.6 is 11.6 Å². The number of nitrogens with zero attached hydrogens (tertiary/aromatic N) is 2. The van der Waals surface area contributed by atoms with E-state index in [-0.39, 0.29) is 11.6 Å². The Bertz CT molecular complexity index is 840. The zero-order chi connectivity index (χ0) is 19.5. The molecular formula is C19H19ClN2O4. The van der Waals surface area contributed by atoms with Crippen molar-refractivity contribution in [2.75, 3.05) is 11.5 Å². The number of esters is 2. The van der Waals surface area contributed by atoms with E-state index in [0.29, 0.717) is 23.4 Å². The minimum Gasteiger partial charge on any atom is -0.462 e. The Morgan fingerprint density at radius 2 is 2.27 bits per heavy atom. The highest BCUT2D eigenvalue weighted by Crippen LogP contribution is 2.35. The molecule has 7 heteroatoms. The maximum atomic E-state index is 12.7. The molecule has 0 spiro atoms. The monoisotopic (exact) mass is 374 g/mol. The molecule has 0 bridgehead atoms. The van der Waals surface area contributed by atoms with Crippen molar-refractivity contribution in [3.8, 4) is 6.07 Å². The Morgan fingerprint density at radius 3 is 2.77 bits per heavy atom. The molecule has 0 amide bonds. The second-order valence-corrected chi connectivity index (χ2v) is 6.66. The van der Waals surface area contributed by atoms with E-state index in [1.807, 2.05) is 13.0 Å². The van der Waals surface area contributed by atoms with Gasteiger partial charge in [0.2, 0.25) is 0 Å². The van der Waals surface area contributed by atoms with Gasteiger partial charge >= 0.3 is 11.9 Å². The van der Waals surface area contributed by atoms with Crippen LogP contribution in [0, 0.1) is 11.3 Å². The van der Waals surface area contributed by atoms with Gasteiger partial charge in [0.05, 0.1) is 10.6 Å². The van der Waals surface area contributed by atoms with Crippen LogP contribution in [0.2, 0.25) is 5.02 Å². The number of cyclic esters (lactones) is 1. The zero-order valence-electron chi connectivity index (χ0n) is 14.8. The van der Waals surface area contributed by atoms with Gasteiger partial charge in [-0.15, -0.1) is 0 Å². The fourth-order valence-corrected chi connectivity index (χ4v) is 3.05. The van der Waals surface area contributed by atoms with Gasteiger partial charge < -0.3 is 14.4 Å². The lowest BCUT2D eigenvalue weighted by Crippen LogP contribution is -2.44. The lowest BCUT2D eigenvalue weighted by atomic mass is 9.93. The SMILES string of the molecule is C=CN(C1=C(C)CC(C)(COC(C)=O)OC1=O)c1ccc(C#N)c(Cl)c1. The van der Waals surface area contributed by atoms with Crippen LogP contribution < -0.4 is 4.90 Å². The van der Waals surface area contributed by atoms with Gasteiger partial charge in [-0.1, -0.05) is 18.2 Å². The standard InChI is InChI=1S/C19H19ClN2O4/c1-5-22(15-7-6-14(10-21)16(20)8-15)17-12(2)9-19(4,26-18(17)24)11-25-13(3)23/h5-8H,1,9,11H2,2-4H3. The summed E-state index contributed by atoms with van der Waals surface area (Å²) < 4.78 is 10.5. The first-order valence-electron chi connectivity index (χ1n) is 7.88. The van der Waals surface area contributed by atoms with Crippen LogP contribution in [-0.2, 0) is 19.1 Å². The first-order chi connectivity index (χ1) is 12.2. The number of carbonyl (C=O) groups excluding carboxylic acids is 2. The maximum Gasteiger partial charge on any atom is 0.355 e. The number of ether oxygens (including phenoxy) is 2. The van der Waals surface area contributed by atoms with Gasteiger partial charge in [0.15, 0.2) is 0 Å². The molecule has 0 radical (unpaired) electrons. The van der Waals surface area contributed by atoms with Crippen molar-refractivity contribution in [1.82, 2.24) is 0 Å². The van der Waals surface area contributed by atoms with Crippen LogP contribution in [0.5, 0.6) is 0 Å². The third-order valence-corrected chi connectivity index (χ3v) is 4.24. The van der Waals surface area contributed by atoms with E-state index in [9.17, 15) is 9.59 Å². The van der Waals surface area contributed by atoms with E-state index < -0.39 is 17.5 Å². The lowest BCUT2D eigenvalue weighted by Gasteiger charge is -2.37. The molecule has 1 unspecified atom stereocenters. The minimum absolute atomic E-state index is 0.0184. The molecule has 0 saturated heterocycles. The van der Waals surface area contributed by atoms with Gasteiger partial charge in [0.25, 0.3) is 0 Å². The summed E-state index contributed by atoms with van der Waals surface area (Å²) in [5, 5.41) is 9.27. The smallest absolute Gasteiger partial charge is 0.355 e. The van der Waals surface area contributed by atoms with Crippen LogP contribution in [0.3, 0.4) is 0 Å².